The number of unbranched alkanes of at least 4 members (excludes halogenated alkanes) is 1. The fraction of sp³-hybridized carbons (Fsp3) is 0.273. The molecule has 0 saturated carbocycles. The fourth-order valence-electron chi connectivity index (χ4n) is 6.06. The van der Waals surface area contributed by atoms with E-state index in [1.807, 2.05) is 0 Å². The predicted molar refractivity (Wildman–Crippen MR) is 166 cm³/mol. The Morgan fingerprint density at radius 3 is 2.50 bits per heavy atom. The van der Waals surface area contributed by atoms with Crippen LogP contribution >= 0.6 is 0 Å². The second-order valence-electron chi connectivity index (χ2n) is 11.5. The average molecular weight is 627 g/mol. The Kier molecular flexibility index (Phi) is 7.99. The minimum absolute atomic E-state index is 0.0550. The third-order valence-corrected chi connectivity index (χ3v) is 8.41. The molecule has 12 nitrogen and oxygen atoms in total. The summed E-state index contributed by atoms with van der Waals surface area (Å²) in [4.78, 5) is 79.3. The highest BCUT2D eigenvalue weighted by molar-refractivity contribution is 6.35. The minimum Gasteiger partial charge on any atom is -0.385 e. The van der Waals surface area contributed by atoms with Gasteiger partial charge in [0.15, 0.2) is 0 Å². The van der Waals surface area contributed by atoms with Crippen molar-refractivity contribution in [2.45, 2.75) is 45.6 Å². The maximum Gasteiger partial charge on any atom is 0.262 e. The summed E-state index contributed by atoms with van der Waals surface area (Å²) in [5, 5.41) is 11.1. The van der Waals surface area contributed by atoms with E-state index in [1.54, 1.807) is 38.1 Å². The predicted octanol–water partition coefficient (Wildman–Crippen LogP) is 3.29. The van der Waals surface area contributed by atoms with Gasteiger partial charge in [-0.15, -0.1) is 0 Å². The third-order valence-electron chi connectivity index (χ3n) is 8.41. The van der Waals surface area contributed by atoms with Crippen LogP contribution in [0.2, 0.25) is 0 Å². The number of aromatic nitrogens is 1. The maximum absolute atomic E-state index is 13.8. The summed E-state index contributed by atoms with van der Waals surface area (Å²) in [6.45, 7) is 4.51. The second-order valence-corrected chi connectivity index (χ2v) is 11.5. The van der Waals surface area contributed by atoms with Crippen LogP contribution in [0.3, 0.4) is 0 Å². The van der Waals surface area contributed by atoms with E-state index < -0.39 is 35.5 Å². The van der Waals surface area contributed by atoms with E-state index in [2.05, 4.69) is 26.3 Å². The molecule has 0 spiro atoms. The molecule has 2 aromatic carbocycles. The highest BCUT2D eigenvalue weighted by Crippen LogP contribution is 2.34. The zero-order valence-electron chi connectivity index (χ0n) is 25.1. The Morgan fingerprint density at radius 2 is 1.72 bits per heavy atom. The van der Waals surface area contributed by atoms with Crippen molar-refractivity contribution in [1.29, 1.82) is 0 Å². The molecule has 1 fully saturated rings. The molecule has 4 heterocycles. The normalized spacial score (nSPS) is 18.1. The van der Waals surface area contributed by atoms with Gasteiger partial charge in [-0.1, -0.05) is 0 Å². The zero-order chi connectivity index (χ0) is 32.7. The van der Waals surface area contributed by atoms with Crippen molar-refractivity contribution >= 4 is 58.5 Å². The first-order valence-electron chi connectivity index (χ1n) is 14.9. The molecule has 3 aliphatic heterocycles. The number of anilines is 2. The van der Waals surface area contributed by atoms with Crippen LogP contribution in [0.15, 0.2) is 36.4 Å². The number of aromatic amines is 1. The molecule has 0 aliphatic carbocycles. The number of rotatable bonds is 9. The number of benzene rings is 2. The summed E-state index contributed by atoms with van der Waals surface area (Å²) in [5.74, 6) is -3.26. The van der Waals surface area contributed by atoms with Crippen molar-refractivity contribution in [1.82, 2.24) is 20.5 Å². The summed E-state index contributed by atoms with van der Waals surface area (Å²) < 4.78 is 13.8. The highest BCUT2D eigenvalue weighted by atomic mass is 19.1. The molecule has 0 radical (unpaired) electrons. The Balaban J connectivity index is 1.01. The van der Waals surface area contributed by atoms with E-state index in [4.69, 9.17) is 0 Å². The first-order valence-corrected chi connectivity index (χ1v) is 14.9. The van der Waals surface area contributed by atoms with E-state index >= 15 is 0 Å². The topological polar surface area (TPSA) is 170 Å². The van der Waals surface area contributed by atoms with Gasteiger partial charge in [0.05, 0.1) is 22.3 Å². The lowest BCUT2D eigenvalue weighted by atomic mass is 10.0. The summed E-state index contributed by atoms with van der Waals surface area (Å²) in [6.07, 6.45) is 3.13. The molecule has 6 rings (SSSR count). The van der Waals surface area contributed by atoms with Gasteiger partial charge in [0.25, 0.3) is 23.6 Å². The molecule has 5 N–H and O–H groups in total. The van der Waals surface area contributed by atoms with Crippen molar-refractivity contribution in [3.05, 3.63) is 81.4 Å². The van der Waals surface area contributed by atoms with E-state index in [1.165, 1.54) is 18.2 Å². The summed E-state index contributed by atoms with van der Waals surface area (Å²) in [5.41, 5.74) is 4.72. The highest BCUT2D eigenvalue weighted by Gasteiger charge is 2.44. The number of fused-ring (bicyclic) bond motifs is 2. The van der Waals surface area contributed by atoms with Crippen LogP contribution in [0.5, 0.6) is 0 Å². The summed E-state index contributed by atoms with van der Waals surface area (Å²) in [7, 11) is 0. The SMILES string of the molecule is Cc1[nH]c(/C=C2\C(=O)Nc3ccc(F)cc32)c(C)c1C(=O)NCCCCNc1ccc2c(c1)C(=O)N(C1CCC(=O)NC1=O)C2=O. The van der Waals surface area contributed by atoms with Crippen molar-refractivity contribution < 1.29 is 33.2 Å². The van der Waals surface area contributed by atoms with Crippen LogP contribution in [0.1, 0.15) is 79.3 Å². The van der Waals surface area contributed by atoms with Crippen LogP contribution < -0.4 is 21.3 Å². The number of hydrogen-bond acceptors (Lipinski definition) is 7. The number of hydrogen-bond donors (Lipinski definition) is 5. The Bertz CT molecular complexity index is 1880. The smallest absolute Gasteiger partial charge is 0.262 e. The lowest BCUT2D eigenvalue weighted by Gasteiger charge is -2.27. The number of carbonyl (C=O) groups excluding carboxylic acids is 6. The van der Waals surface area contributed by atoms with Crippen LogP contribution in [0.4, 0.5) is 15.8 Å². The summed E-state index contributed by atoms with van der Waals surface area (Å²) in [6, 6.07) is 7.89. The molecule has 3 aliphatic rings. The molecule has 1 unspecified atom stereocenters. The van der Waals surface area contributed by atoms with E-state index in [9.17, 15) is 33.2 Å². The molecule has 3 aromatic rings. The number of piperidine rings is 1. The number of nitrogens with zero attached hydrogens (tertiary/aromatic N) is 1. The molecular weight excluding hydrogens is 595 g/mol. The lowest BCUT2D eigenvalue weighted by Crippen LogP contribution is -2.54. The zero-order valence-corrected chi connectivity index (χ0v) is 25.1. The van der Waals surface area contributed by atoms with Crippen LogP contribution in [0, 0.1) is 19.7 Å². The minimum atomic E-state index is -1.02. The van der Waals surface area contributed by atoms with Crippen molar-refractivity contribution in [3.63, 3.8) is 0 Å². The van der Waals surface area contributed by atoms with Gasteiger partial charge in [-0.25, -0.2) is 4.39 Å². The fourth-order valence-corrected chi connectivity index (χ4v) is 6.06. The number of H-pyrrole nitrogens is 1. The quantitative estimate of drug-likeness (QED) is 0.138. The third kappa shape index (κ3) is 5.55. The monoisotopic (exact) mass is 626 g/mol. The second kappa shape index (κ2) is 12.1. The number of carbonyl (C=O) groups is 6. The standard InChI is InChI=1S/C33H31FN6O6/c1-16-25(15-22-21-13-18(34)5-8-24(21)38-29(22)42)37-17(2)28(16)31(44)36-12-4-3-11-35-19-6-7-20-23(14-19)33(46)40(32(20)45)26-9-10-27(41)39-30(26)43/h5-8,13-15,26,35,37H,3-4,9-12H2,1-2H3,(H,36,44)(H,38,42)(H,39,41,43)/b22-15-. The number of amides is 6. The Labute approximate surface area is 262 Å². The molecule has 13 heteroatoms. The van der Waals surface area contributed by atoms with Gasteiger partial charge in [0, 0.05) is 47.8 Å². The Morgan fingerprint density at radius 1 is 0.957 bits per heavy atom. The maximum atomic E-state index is 13.8. The number of imide groups is 2. The molecule has 1 saturated heterocycles. The Hall–Kier alpha value is -5.59. The van der Waals surface area contributed by atoms with Gasteiger partial charge in [-0.2, -0.15) is 0 Å². The van der Waals surface area contributed by atoms with Crippen molar-refractivity contribution in [2.75, 3.05) is 23.7 Å². The number of nitrogens with one attached hydrogen (secondary N) is 5. The average Bonchev–Trinajstić information content (AvgIpc) is 3.57. The molecule has 46 heavy (non-hydrogen) atoms. The van der Waals surface area contributed by atoms with Gasteiger partial charge < -0.3 is 20.9 Å². The largest absolute Gasteiger partial charge is 0.385 e. The van der Waals surface area contributed by atoms with Gasteiger partial charge >= 0.3 is 0 Å². The van der Waals surface area contributed by atoms with Crippen LogP contribution in [-0.4, -0.2) is 64.5 Å². The van der Waals surface area contributed by atoms with Gasteiger partial charge in [0.1, 0.15) is 11.9 Å². The van der Waals surface area contributed by atoms with Gasteiger partial charge in [-0.3, -0.25) is 39.0 Å². The van der Waals surface area contributed by atoms with E-state index in [-0.39, 0.29) is 35.8 Å². The first-order chi connectivity index (χ1) is 22.0. The molecule has 1 atom stereocenters. The van der Waals surface area contributed by atoms with Gasteiger partial charge in [-0.05, 0) is 81.1 Å². The van der Waals surface area contributed by atoms with Crippen molar-refractivity contribution in [2.24, 2.45) is 0 Å². The van der Waals surface area contributed by atoms with E-state index in [0.717, 1.165) is 4.90 Å². The number of halogens is 1. The molecule has 1 aromatic heterocycles. The summed E-state index contributed by atoms with van der Waals surface area (Å²) >= 11 is 0. The van der Waals surface area contributed by atoms with Gasteiger partial charge in [0.2, 0.25) is 11.8 Å². The lowest BCUT2D eigenvalue weighted by molar-refractivity contribution is -0.136. The molecule has 0 bridgehead atoms. The number of aryl methyl sites for hydroxylation is 1. The molecular formula is C33H31FN6O6. The molecule has 6 amide bonds. The van der Waals surface area contributed by atoms with Crippen LogP contribution in [-0.2, 0) is 14.4 Å². The van der Waals surface area contributed by atoms with E-state index in [0.29, 0.717) is 71.0 Å². The first kappa shape index (κ1) is 30.4. The van der Waals surface area contributed by atoms with Crippen molar-refractivity contribution in [3.8, 4) is 0 Å². The molecule has 236 valence electrons. The van der Waals surface area contributed by atoms with Crippen LogP contribution in [0.25, 0.3) is 11.6 Å².